The number of benzene rings is 1. The van der Waals surface area contributed by atoms with Crippen molar-refractivity contribution >= 4 is 34.4 Å². The summed E-state index contributed by atoms with van der Waals surface area (Å²) >= 11 is 0. The molecule has 0 bridgehead atoms. The maximum atomic E-state index is 13.3. The first kappa shape index (κ1) is 22.7. The van der Waals surface area contributed by atoms with Gasteiger partial charge in [-0.25, -0.2) is 9.97 Å². The second kappa shape index (κ2) is 9.19. The van der Waals surface area contributed by atoms with Crippen LogP contribution < -0.4 is 21.3 Å². The average molecular weight is 450 g/mol. The summed E-state index contributed by atoms with van der Waals surface area (Å²) in [6.07, 6.45) is 4.71. The fourth-order valence-corrected chi connectivity index (χ4v) is 4.36. The molecule has 1 fully saturated rings. The number of nitrogens with two attached hydrogens (primary N) is 1. The van der Waals surface area contributed by atoms with Crippen LogP contribution in [0.5, 0.6) is 0 Å². The molecule has 4 rings (SSSR count). The number of carbonyl (C=O) groups is 2. The Morgan fingerprint density at radius 2 is 2.00 bits per heavy atom. The third kappa shape index (κ3) is 4.54. The first-order valence-electron chi connectivity index (χ1n) is 11.3. The van der Waals surface area contributed by atoms with Crippen LogP contribution in [0, 0.1) is 12.3 Å². The second-order valence-electron chi connectivity index (χ2n) is 9.03. The Bertz CT molecular complexity index is 1160. The predicted octanol–water partition coefficient (Wildman–Crippen LogP) is 2.59. The summed E-state index contributed by atoms with van der Waals surface area (Å²) in [6.45, 7) is 7.43. The topological polar surface area (TPSA) is 129 Å². The Hall–Kier alpha value is -3.46. The smallest absolute Gasteiger partial charge is 0.251 e. The van der Waals surface area contributed by atoms with Crippen molar-refractivity contribution in [1.82, 2.24) is 20.3 Å². The van der Waals surface area contributed by atoms with Gasteiger partial charge >= 0.3 is 0 Å². The molecule has 1 saturated heterocycles. The van der Waals surface area contributed by atoms with Gasteiger partial charge in [-0.15, -0.1) is 0 Å². The van der Waals surface area contributed by atoms with E-state index in [1.807, 2.05) is 27.0 Å². The quantitative estimate of drug-likeness (QED) is 0.458. The van der Waals surface area contributed by atoms with Crippen LogP contribution in [0.25, 0.3) is 11.0 Å². The molecule has 1 aliphatic heterocycles. The summed E-state index contributed by atoms with van der Waals surface area (Å²) in [5.41, 5.74) is 8.46. The number of nitrogens with zero attached hydrogens (tertiary/aromatic N) is 3. The fraction of sp³-hybridized carbons (Fsp3) is 0.417. The maximum Gasteiger partial charge on any atom is 0.251 e. The molecule has 0 radical (unpaired) electrons. The lowest BCUT2D eigenvalue weighted by Crippen LogP contribution is -2.50. The summed E-state index contributed by atoms with van der Waals surface area (Å²) in [7, 11) is 0. The summed E-state index contributed by atoms with van der Waals surface area (Å²) in [5, 5.41) is 6.87. The number of anilines is 2. The molecule has 2 aromatic heterocycles. The fourth-order valence-electron chi connectivity index (χ4n) is 4.36. The number of aromatic nitrogens is 3. The van der Waals surface area contributed by atoms with Crippen molar-refractivity contribution in [1.29, 1.82) is 0 Å². The Morgan fingerprint density at radius 1 is 1.24 bits per heavy atom. The van der Waals surface area contributed by atoms with Gasteiger partial charge in [-0.2, -0.15) is 0 Å². The summed E-state index contributed by atoms with van der Waals surface area (Å²) in [6, 6.07) is 7.02. The number of hydrogen-bond donors (Lipinski definition) is 4. The number of piperidine rings is 1. The summed E-state index contributed by atoms with van der Waals surface area (Å²) in [4.78, 5) is 39.8. The lowest BCUT2D eigenvalue weighted by Gasteiger charge is -2.40. The van der Waals surface area contributed by atoms with E-state index in [0.717, 1.165) is 22.4 Å². The Kier molecular flexibility index (Phi) is 6.33. The van der Waals surface area contributed by atoms with Crippen molar-refractivity contribution in [2.45, 2.75) is 39.7 Å². The molecular formula is C24H31N7O2. The van der Waals surface area contributed by atoms with Crippen LogP contribution in [0.15, 0.2) is 36.8 Å². The summed E-state index contributed by atoms with van der Waals surface area (Å²) < 4.78 is 0. The third-order valence-corrected chi connectivity index (χ3v) is 6.34. The predicted molar refractivity (Wildman–Crippen MR) is 129 cm³/mol. The number of carbonyl (C=O) groups excluding carboxylic acids is 2. The molecule has 33 heavy (non-hydrogen) atoms. The van der Waals surface area contributed by atoms with Gasteiger partial charge in [0.15, 0.2) is 0 Å². The van der Waals surface area contributed by atoms with Crippen LogP contribution in [-0.2, 0) is 4.79 Å². The van der Waals surface area contributed by atoms with Crippen LogP contribution in [0.3, 0.4) is 0 Å². The van der Waals surface area contributed by atoms with Crippen molar-refractivity contribution in [3.63, 3.8) is 0 Å². The van der Waals surface area contributed by atoms with Gasteiger partial charge in [0, 0.05) is 43.1 Å². The van der Waals surface area contributed by atoms with E-state index in [2.05, 4.69) is 30.5 Å². The van der Waals surface area contributed by atoms with Crippen LogP contribution in [0.1, 0.15) is 42.6 Å². The lowest BCUT2D eigenvalue weighted by atomic mass is 9.77. The van der Waals surface area contributed by atoms with Crippen molar-refractivity contribution < 1.29 is 9.59 Å². The average Bonchev–Trinajstić information content (AvgIpc) is 3.20. The highest BCUT2D eigenvalue weighted by molar-refractivity contribution is 5.99. The van der Waals surface area contributed by atoms with Crippen LogP contribution in [0.4, 0.5) is 11.5 Å². The normalized spacial score (nSPS) is 15.6. The molecule has 1 aromatic carbocycles. The SMILES string of the molecule is Cc1c[nH]c2ncnc(N3CCC(CN)(C(=O)Nc4cccc(C(=O)NC(C)C)c4)CC3)c12. The molecule has 3 aromatic rings. The maximum absolute atomic E-state index is 13.3. The molecular weight excluding hydrogens is 418 g/mol. The van der Waals surface area contributed by atoms with E-state index in [-0.39, 0.29) is 24.4 Å². The minimum atomic E-state index is -0.675. The highest BCUT2D eigenvalue weighted by Crippen LogP contribution is 2.36. The van der Waals surface area contributed by atoms with Crippen molar-refractivity contribution in [3.8, 4) is 0 Å². The number of H-pyrrole nitrogens is 1. The van der Waals surface area contributed by atoms with Gasteiger partial charge in [0.25, 0.3) is 5.91 Å². The first-order valence-corrected chi connectivity index (χ1v) is 11.3. The van der Waals surface area contributed by atoms with Gasteiger partial charge in [-0.1, -0.05) is 6.07 Å². The molecule has 3 heterocycles. The number of aryl methyl sites for hydroxylation is 1. The standard InChI is InChI=1S/C24H31N7O2/c1-15(2)29-22(32)17-5-4-6-18(11-17)30-23(33)24(13-25)7-9-31(10-8-24)21-19-16(3)12-26-20(19)27-14-28-21/h4-6,11-12,14-15H,7-10,13,25H2,1-3H3,(H,29,32)(H,30,33)(H,26,27,28). The first-order chi connectivity index (χ1) is 15.8. The lowest BCUT2D eigenvalue weighted by molar-refractivity contribution is -0.126. The van der Waals surface area contributed by atoms with Gasteiger partial charge in [0.1, 0.15) is 17.8 Å². The minimum absolute atomic E-state index is 0.0348. The minimum Gasteiger partial charge on any atom is -0.356 e. The van der Waals surface area contributed by atoms with Crippen molar-refractivity contribution in [2.24, 2.45) is 11.1 Å². The number of aromatic amines is 1. The van der Waals surface area contributed by atoms with Crippen LogP contribution in [0.2, 0.25) is 0 Å². The molecule has 174 valence electrons. The zero-order valence-corrected chi connectivity index (χ0v) is 19.3. The Balaban J connectivity index is 1.47. The van der Waals surface area contributed by atoms with Crippen molar-refractivity contribution in [3.05, 3.63) is 47.9 Å². The van der Waals surface area contributed by atoms with E-state index in [0.29, 0.717) is 37.2 Å². The van der Waals surface area contributed by atoms with E-state index in [9.17, 15) is 9.59 Å². The molecule has 0 spiro atoms. The molecule has 9 heteroatoms. The van der Waals surface area contributed by atoms with Crippen LogP contribution >= 0.6 is 0 Å². The highest BCUT2D eigenvalue weighted by Gasteiger charge is 2.41. The van der Waals surface area contributed by atoms with E-state index in [1.54, 1.807) is 30.6 Å². The molecule has 0 saturated carbocycles. The van der Waals surface area contributed by atoms with Gasteiger partial charge in [-0.05, 0) is 57.4 Å². The third-order valence-electron chi connectivity index (χ3n) is 6.34. The number of amides is 2. The summed E-state index contributed by atoms with van der Waals surface area (Å²) in [5.74, 6) is 0.601. The number of nitrogens with one attached hydrogen (secondary N) is 3. The Labute approximate surface area is 193 Å². The number of fused-ring (bicyclic) bond motifs is 1. The van der Waals surface area contributed by atoms with Gasteiger partial charge in [0.2, 0.25) is 5.91 Å². The van der Waals surface area contributed by atoms with E-state index >= 15 is 0 Å². The van der Waals surface area contributed by atoms with Crippen LogP contribution in [-0.4, -0.2) is 52.4 Å². The molecule has 9 nitrogen and oxygen atoms in total. The molecule has 0 atom stereocenters. The zero-order chi connectivity index (χ0) is 23.6. The largest absolute Gasteiger partial charge is 0.356 e. The number of rotatable bonds is 6. The molecule has 2 amide bonds. The number of hydrogen-bond acceptors (Lipinski definition) is 6. The van der Waals surface area contributed by atoms with Gasteiger partial charge in [0.05, 0.1) is 10.8 Å². The monoisotopic (exact) mass is 449 g/mol. The van der Waals surface area contributed by atoms with Crippen molar-refractivity contribution in [2.75, 3.05) is 29.9 Å². The van der Waals surface area contributed by atoms with Gasteiger partial charge in [-0.3, -0.25) is 9.59 Å². The van der Waals surface area contributed by atoms with E-state index in [4.69, 9.17) is 5.73 Å². The molecule has 0 aliphatic carbocycles. The second-order valence-corrected chi connectivity index (χ2v) is 9.03. The highest BCUT2D eigenvalue weighted by atomic mass is 16.2. The molecule has 1 aliphatic rings. The molecule has 0 unspecified atom stereocenters. The Morgan fingerprint density at radius 3 is 2.70 bits per heavy atom. The zero-order valence-electron chi connectivity index (χ0n) is 19.3. The molecule has 5 N–H and O–H groups in total. The van der Waals surface area contributed by atoms with E-state index in [1.165, 1.54) is 0 Å². The van der Waals surface area contributed by atoms with Gasteiger partial charge < -0.3 is 26.3 Å². The van der Waals surface area contributed by atoms with E-state index < -0.39 is 5.41 Å².